The zero-order valence-electron chi connectivity index (χ0n) is 9.33. The Hall–Kier alpha value is -0.470. The molecule has 0 bridgehead atoms. The fourth-order valence-electron chi connectivity index (χ4n) is 1.89. The number of hydrogen-bond donors (Lipinski definition) is 1. The molecule has 1 nitrogen and oxygen atoms in total. The third-order valence-corrected chi connectivity index (χ3v) is 4.11. The molecule has 1 aromatic carbocycles. The van der Waals surface area contributed by atoms with E-state index in [9.17, 15) is 0 Å². The van der Waals surface area contributed by atoms with E-state index in [-0.39, 0.29) is 0 Å². The van der Waals surface area contributed by atoms with Gasteiger partial charge in [-0.25, -0.2) is 0 Å². The smallest absolute Gasteiger partial charge is 0.0579 e. The van der Waals surface area contributed by atoms with E-state index in [0.717, 1.165) is 6.42 Å². The Morgan fingerprint density at radius 1 is 1.27 bits per heavy atom. The second kappa shape index (κ2) is 5.57. The lowest BCUT2D eigenvalue weighted by molar-refractivity contribution is 0.491. The van der Waals surface area contributed by atoms with Gasteiger partial charge >= 0.3 is 0 Å². The summed E-state index contributed by atoms with van der Waals surface area (Å²) in [6.45, 7) is 3.38. The first kappa shape index (κ1) is 11.0. The summed E-state index contributed by atoms with van der Waals surface area (Å²) in [4.78, 5) is 1.40. The van der Waals surface area contributed by atoms with Crippen molar-refractivity contribution < 1.29 is 0 Å². The molecule has 1 aliphatic rings. The van der Waals surface area contributed by atoms with Crippen molar-refractivity contribution in [1.82, 2.24) is 5.32 Å². The predicted molar refractivity (Wildman–Crippen MR) is 67.3 cm³/mol. The number of rotatable bonds is 3. The van der Waals surface area contributed by atoms with Gasteiger partial charge in [0.1, 0.15) is 0 Å². The summed E-state index contributed by atoms with van der Waals surface area (Å²) in [5.41, 5.74) is 1.43. The van der Waals surface area contributed by atoms with Crippen molar-refractivity contribution in [3.63, 3.8) is 0 Å². The lowest BCUT2D eigenvalue weighted by Gasteiger charge is -2.22. The molecule has 1 unspecified atom stereocenters. The van der Waals surface area contributed by atoms with E-state index < -0.39 is 0 Å². The summed E-state index contributed by atoms with van der Waals surface area (Å²) < 4.78 is 0. The molecule has 2 rings (SSSR count). The molecule has 1 saturated heterocycles. The molecule has 1 aliphatic heterocycles. The molecule has 0 spiro atoms. The van der Waals surface area contributed by atoms with E-state index in [4.69, 9.17) is 0 Å². The Morgan fingerprint density at radius 3 is 2.67 bits per heavy atom. The highest BCUT2D eigenvalue weighted by Crippen LogP contribution is 2.27. The molecule has 0 radical (unpaired) electrons. The van der Waals surface area contributed by atoms with Gasteiger partial charge in [0, 0.05) is 4.90 Å². The largest absolute Gasteiger partial charge is 0.305 e. The minimum Gasteiger partial charge on any atom is -0.305 e. The number of benzene rings is 1. The van der Waals surface area contributed by atoms with Crippen LogP contribution in [0.15, 0.2) is 29.2 Å². The average molecular weight is 221 g/mol. The Morgan fingerprint density at radius 2 is 2.07 bits per heavy atom. The van der Waals surface area contributed by atoms with Gasteiger partial charge in [-0.2, -0.15) is 0 Å². The maximum Gasteiger partial charge on any atom is 0.0579 e. The highest BCUT2D eigenvalue weighted by Gasteiger charge is 2.13. The van der Waals surface area contributed by atoms with Crippen molar-refractivity contribution in [2.45, 2.75) is 42.9 Å². The third kappa shape index (κ3) is 3.25. The molecule has 1 aromatic rings. The highest BCUT2D eigenvalue weighted by atomic mass is 32.2. The monoisotopic (exact) mass is 221 g/mol. The summed E-state index contributed by atoms with van der Waals surface area (Å²) >= 11 is 1.97. The Balaban J connectivity index is 1.91. The normalized spacial score (nSPS) is 21.5. The number of aryl methyl sites for hydroxylation is 1. The van der Waals surface area contributed by atoms with Gasteiger partial charge < -0.3 is 5.32 Å². The van der Waals surface area contributed by atoms with Gasteiger partial charge in [0.25, 0.3) is 0 Å². The maximum absolute atomic E-state index is 3.56. The van der Waals surface area contributed by atoms with Gasteiger partial charge in [-0.1, -0.05) is 19.1 Å². The van der Waals surface area contributed by atoms with Crippen LogP contribution in [0, 0.1) is 0 Å². The Kier molecular flexibility index (Phi) is 4.09. The van der Waals surface area contributed by atoms with Crippen molar-refractivity contribution in [3.05, 3.63) is 29.8 Å². The van der Waals surface area contributed by atoms with Crippen molar-refractivity contribution in [3.8, 4) is 0 Å². The lowest BCUT2D eigenvalue weighted by Crippen LogP contribution is -2.30. The van der Waals surface area contributed by atoms with E-state index >= 15 is 0 Å². The number of hydrogen-bond acceptors (Lipinski definition) is 2. The summed E-state index contributed by atoms with van der Waals surface area (Å²) in [7, 11) is 0. The van der Waals surface area contributed by atoms with Gasteiger partial charge in [0.15, 0.2) is 0 Å². The topological polar surface area (TPSA) is 12.0 Å². The Bertz CT molecular complexity index is 288. The fourth-order valence-corrected chi connectivity index (χ4v) is 3.00. The molecular formula is C13H19NS. The lowest BCUT2D eigenvalue weighted by atomic mass is 10.2. The SMILES string of the molecule is CCc1ccc(SC2CCCCN2)cc1. The minimum atomic E-state index is 0.631. The molecule has 2 heteroatoms. The summed E-state index contributed by atoms with van der Waals surface area (Å²) in [6.07, 6.45) is 5.15. The molecule has 15 heavy (non-hydrogen) atoms. The second-order valence-electron chi connectivity index (χ2n) is 4.05. The molecule has 82 valence electrons. The standard InChI is InChI=1S/C13H19NS/c1-2-11-6-8-12(9-7-11)15-13-5-3-4-10-14-13/h6-9,13-14H,2-5,10H2,1H3. The molecule has 0 amide bonds. The molecule has 0 saturated carbocycles. The van der Waals surface area contributed by atoms with Crippen LogP contribution in [-0.2, 0) is 6.42 Å². The van der Waals surface area contributed by atoms with E-state index in [2.05, 4.69) is 36.5 Å². The predicted octanol–water partition coefficient (Wildman–Crippen LogP) is 3.44. The van der Waals surface area contributed by atoms with Crippen LogP contribution in [-0.4, -0.2) is 11.9 Å². The summed E-state index contributed by atoms with van der Waals surface area (Å²) in [6, 6.07) is 8.98. The van der Waals surface area contributed by atoms with E-state index in [1.54, 1.807) is 0 Å². The number of piperidine rings is 1. The van der Waals surface area contributed by atoms with Gasteiger partial charge in [0.2, 0.25) is 0 Å². The van der Waals surface area contributed by atoms with Crippen molar-refractivity contribution in [2.75, 3.05) is 6.54 Å². The van der Waals surface area contributed by atoms with Crippen LogP contribution in [0.2, 0.25) is 0 Å². The van der Waals surface area contributed by atoms with Crippen LogP contribution in [0.3, 0.4) is 0 Å². The third-order valence-electron chi connectivity index (χ3n) is 2.88. The van der Waals surface area contributed by atoms with Gasteiger partial charge in [-0.05, 0) is 49.9 Å². The molecule has 1 fully saturated rings. The average Bonchev–Trinajstić information content (AvgIpc) is 2.31. The fraction of sp³-hybridized carbons (Fsp3) is 0.538. The van der Waals surface area contributed by atoms with Crippen LogP contribution < -0.4 is 5.32 Å². The van der Waals surface area contributed by atoms with Gasteiger partial charge in [0.05, 0.1) is 5.37 Å². The van der Waals surface area contributed by atoms with Gasteiger partial charge in [-0.3, -0.25) is 0 Å². The molecular weight excluding hydrogens is 202 g/mol. The van der Waals surface area contributed by atoms with Crippen molar-refractivity contribution in [2.24, 2.45) is 0 Å². The second-order valence-corrected chi connectivity index (χ2v) is 5.33. The zero-order chi connectivity index (χ0) is 10.5. The van der Waals surface area contributed by atoms with Crippen molar-refractivity contribution in [1.29, 1.82) is 0 Å². The Labute approximate surface area is 96.7 Å². The van der Waals surface area contributed by atoms with E-state index in [0.29, 0.717) is 5.37 Å². The number of nitrogens with one attached hydrogen (secondary N) is 1. The molecule has 1 N–H and O–H groups in total. The maximum atomic E-state index is 3.56. The quantitative estimate of drug-likeness (QED) is 0.839. The first-order chi connectivity index (χ1) is 7.38. The molecule has 0 aromatic heterocycles. The minimum absolute atomic E-state index is 0.631. The number of thioether (sulfide) groups is 1. The van der Waals surface area contributed by atoms with Crippen LogP contribution in [0.1, 0.15) is 31.7 Å². The first-order valence-electron chi connectivity index (χ1n) is 5.87. The zero-order valence-corrected chi connectivity index (χ0v) is 10.1. The van der Waals surface area contributed by atoms with Gasteiger partial charge in [-0.15, -0.1) is 11.8 Å². The van der Waals surface area contributed by atoms with E-state index in [1.807, 2.05) is 11.8 Å². The van der Waals surface area contributed by atoms with Crippen LogP contribution >= 0.6 is 11.8 Å². The first-order valence-corrected chi connectivity index (χ1v) is 6.75. The highest BCUT2D eigenvalue weighted by molar-refractivity contribution is 7.99. The van der Waals surface area contributed by atoms with Crippen LogP contribution in [0.5, 0.6) is 0 Å². The summed E-state index contributed by atoms with van der Waals surface area (Å²) in [5.74, 6) is 0. The van der Waals surface area contributed by atoms with Crippen molar-refractivity contribution >= 4 is 11.8 Å². The van der Waals surface area contributed by atoms with Crippen LogP contribution in [0.4, 0.5) is 0 Å². The molecule has 0 aliphatic carbocycles. The van der Waals surface area contributed by atoms with Crippen LogP contribution in [0.25, 0.3) is 0 Å². The molecule has 1 heterocycles. The summed E-state index contributed by atoms with van der Waals surface area (Å²) in [5, 5.41) is 4.19. The molecule has 1 atom stereocenters. The van der Waals surface area contributed by atoms with E-state index in [1.165, 1.54) is 36.3 Å².